The van der Waals surface area contributed by atoms with E-state index in [4.69, 9.17) is 0 Å². The van der Waals surface area contributed by atoms with Crippen LogP contribution in [0.1, 0.15) is 118 Å². The predicted molar refractivity (Wildman–Crippen MR) is 266 cm³/mol. The first kappa shape index (κ1) is 56.5. The maximum absolute atomic E-state index is 11.5. The van der Waals surface area contributed by atoms with Crippen molar-refractivity contribution >= 4 is 23.4 Å². The van der Waals surface area contributed by atoms with E-state index < -0.39 is 0 Å². The monoisotopic (exact) mass is 886 g/mol. The average molecular weight is 886 g/mol. The molecule has 1 unspecified atom stereocenters. The number of carbonyl (C=O) groups excluding carboxylic acids is 4. The molecule has 1 N–H and O–H groups in total. The van der Waals surface area contributed by atoms with Gasteiger partial charge in [-0.05, 0) is 98.4 Å². The molecule has 6 aromatic rings. The highest BCUT2D eigenvalue weighted by atomic mass is 16.2. The van der Waals surface area contributed by atoms with E-state index in [1.54, 1.807) is 28.2 Å². The Bertz CT molecular complexity index is 2180. The number of rotatable bonds is 5. The number of likely N-dealkylation sites (tertiary alicyclic amines) is 1. The van der Waals surface area contributed by atoms with Crippen LogP contribution < -0.4 is 5.32 Å². The van der Waals surface area contributed by atoms with Crippen LogP contribution >= 0.6 is 0 Å². The fraction of sp³-hybridized carbons (Fsp3) is 0.389. The first-order valence-electron chi connectivity index (χ1n) is 22.3. The summed E-state index contributed by atoms with van der Waals surface area (Å²) in [6.07, 6.45) is 9.75. The van der Waals surface area contributed by atoms with Gasteiger partial charge in [0.2, 0.25) is 5.91 Å². The average Bonchev–Trinajstić information content (AvgIpc) is 3.88. The molecule has 0 radical (unpaired) electrons. The van der Waals surface area contributed by atoms with Gasteiger partial charge in [0, 0.05) is 71.0 Å². The van der Waals surface area contributed by atoms with E-state index in [9.17, 15) is 19.2 Å². The summed E-state index contributed by atoms with van der Waals surface area (Å²) in [5.41, 5.74) is 11.3. The number of aryl methyl sites for hydroxylation is 10. The van der Waals surface area contributed by atoms with Gasteiger partial charge in [-0.25, -0.2) is 0 Å². The van der Waals surface area contributed by atoms with Crippen molar-refractivity contribution < 1.29 is 19.2 Å². The van der Waals surface area contributed by atoms with Crippen LogP contribution in [0.2, 0.25) is 0 Å². The third-order valence-corrected chi connectivity index (χ3v) is 9.77. The van der Waals surface area contributed by atoms with E-state index in [2.05, 4.69) is 97.0 Å². The van der Waals surface area contributed by atoms with Gasteiger partial charge in [0.1, 0.15) is 0 Å². The SMILES string of the molecule is CCC(=O)C1CCCCN1C(C)=O.CCC(=O)c1cccc(C)c1.CNC(=O)c1ccc(C)cc1.Cc1ccc(C)cc1.Cc1cccc(C)c1.Cc1cn(C)nn1.Cc1cnn(C)c1. The largest absolute Gasteiger partial charge is 0.355 e. The molecule has 1 aliphatic rings. The Kier molecular flexibility index (Phi) is 27.3. The molecule has 0 saturated carbocycles. The topological polar surface area (TPSA) is 132 Å². The first-order chi connectivity index (χ1) is 30.8. The van der Waals surface area contributed by atoms with Crippen molar-refractivity contribution in [1.82, 2.24) is 35.0 Å². The maximum atomic E-state index is 11.5. The van der Waals surface area contributed by atoms with Gasteiger partial charge in [-0.15, -0.1) is 5.10 Å². The molecular formula is C54H75N7O4. The Balaban J connectivity index is 0.000000383. The molecule has 11 heteroatoms. The number of ketones is 2. The van der Waals surface area contributed by atoms with E-state index in [0.717, 1.165) is 48.2 Å². The fourth-order valence-corrected chi connectivity index (χ4v) is 6.20. The lowest BCUT2D eigenvalue weighted by atomic mass is 9.97. The fourth-order valence-electron chi connectivity index (χ4n) is 6.20. The van der Waals surface area contributed by atoms with Crippen molar-refractivity contribution in [3.63, 3.8) is 0 Å². The van der Waals surface area contributed by atoms with Gasteiger partial charge in [0.25, 0.3) is 5.91 Å². The zero-order valence-electron chi connectivity index (χ0n) is 41.6. The Morgan fingerprint density at radius 2 is 1.14 bits per heavy atom. The number of nitrogens with one attached hydrogen (secondary N) is 1. The normalized spacial score (nSPS) is 12.1. The summed E-state index contributed by atoms with van der Waals surface area (Å²) < 4.78 is 3.46. The second-order valence-corrected chi connectivity index (χ2v) is 16.2. The Morgan fingerprint density at radius 1 is 0.615 bits per heavy atom. The van der Waals surface area contributed by atoms with Crippen molar-refractivity contribution in [2.24, 2.45) is 14.1 Å². The minimum absolute atomic E-state index is 0.0338. The first-order valence-corrected chi connectivity index (χ1v) is 22.3. The number of aromatic nitrogens is 5. The van der Waals surface area contributed by atoms with Gasteiger partial charge in [-0.1, -0.05) is 131 Å². The van der Waals surface area contributed by atoms with Gasteiger partial charge >= 0.3 is 0 Å². The van der Waals surface area contributed by atoms with E-state index >= 15 is 0 Å². The maximum Gasteiger partial charge on any atom is 0.251 e. The second-order valence-electron chi connectivity index (χ2n) is 16.2. The third-order valence-electron chi connectivity index (χ3n) is 9.77. The molecule has 1 fully saturated rings. The van der Waals surface area contributed by atoms with Crippen LogP contribution in [0, 0.1) is 55.4 Å². The van der Waals surface area contributed by atoms with Gasteiger partial charge in [-0.2, -0.15) is 5.10 Å². The van der Waals surface area contributed by atoms with Crippen LogP contribution in [0.4, 0.5) is 0 Å². The molecule has 0 spiro atoms. The third kappa shape index (κ3) is 24.8. The number of amides is 2. The van der Waals surface area contributed by atoms with Crippen LogP contribution in [-0.2, 0) is 23.7 Å². The van der Waals surface area contributed by atoms with E-state index in [1.807, 2.05) is 123 Å². The Morgan fingerprint density at radius 3 is 1.48 bits per heavy atom. The van der Waals surface area contributed by atoms with Gasteiger partial charge < -0.3 is 10.2 Å². The lowest BCUT2D eigenvalue weighted by Gasteiger charge is -2.33. The Labute approximate surface area is 389 Å². The number of Topliss-reactive ketones (excluding diaryl/α,β-unsaturated/α-hetero) is 2. The van der Waals surface area contributed by atoms with Gasteiger partial charge in [-0.3, -0.25) is 28.5 Å². The summed E-state index contributed by atoms with van der Waals surface area (Å²) in [5.74, 6) is 0.417. The number of piperidine rings is 1. The van der Waals surface area contributed by atoms with Crippen LogP contribution in [0.3, 0.4) is 0 Å². The van der Waals surface area contributed by atoms with Crippen LogP contribution in [0.5, 0.6) is 0 Å². The van der Waals surface area contributed by atoms with Crippen molar-refractivity contribution in [3.05, 3.63) is 171 Å². The second kappa shape index (κ2) is 31.4. The molecule has 7 rings (SSSR count). The molecule has 11 nitrogen and oxygen atoms in total. The summed E-state index contributed by atoms with van der Waals surface area (Å²) >= 11 is 0. The van der Waals surface area contributed by atoms with Gasteiger partial charge in [0.15, 0.2) is 11.6 Å². The van der Waals surface area contributed by atoms with Crippen molar-refractivity contribution in [2.45, 2.75) is 114 Å². The number of nitrogens with zero attached hydrogens (tertiary/aromatic N) is 6. The summed E-state index contributed by atoms with van der Waals surface area (Å²) in [5, 5.41) is 13.9. The molecule has 2 amide bonds. The molecule has 1 saturated heterocycles. The Hall–Kier alpha value is -6.49. The predicted octanol–water partition coefficient (Wildman–Crippen LogP) is 10.8. The number of hydrogen-bond donors (Lipinski definition) is 1. The molecule has 4 aromatic carbocycles. The van der Waals surface area contributed by atoms with Crippen LogP contribution in [0.25, 0.3) is 0 Å². The standard InChI is InChI=1S/C10H17NO2.C10H12O.C9H11NO.2C8H10.C5H8N2.C4H7N3/c1-3-10(13)9-6-4-5-7-11(9)8(2)12;1-3-10(11)9-6-4-5-8(2)7-9;1-7-3-5-8(6-4-7)9(11)10-2;1-7-3-5-8(2)6-4-7;1-7-4-3-5-8(2)6-7;1-5-3-6-7(2)4-5;1-4-3-7(2)6-5-4/h9H,3-7H2,1-2H3;4-7H,3H2,1-2H3;3-6H,1-2H3,(H,10,11);2*3-6H,1-2H3;3-4H,1-2H3;3H,1-2H3. The van der Waals surface area contributed by atoms with E-state index in [1.165, 1.54) is 27.8 Å². The molecule has 350 valence electrons. The van der Waals surface area contributed by atoms with Crippen molar-refractivity contribution in [1.29, 1.82) is 0 Å². The summed E-state index contributed by atoms with van der Waals surface area (Å²) in [6.45, 7) is 22.4. The summed E-state index contributed by atoms with van der Waals surface area (Å²) in [7, 11) is 5.38. The van der Waals surface area contributed by atoms with Crippen molar-refractivity contribution in [2.75, 3.05) is 13.6 Å². The molecular weight excluding hydrogens is 811 g/mol. The molecule has 3 heterocycles. The zero-order valence-corrected chi connectivity index (χ0v) is 41.6. The molecule has 0 bridgehead atoms. The molecule has 65 heavy (non-hydrogen) atoms. The smallest absolute Gasteiger partial charge is 0.251 e. The minimum atomic E-state index is -0.128. The zero-order chi connectivity index (χ0) is 48.9. The van der Waals surface area contributed by atoms with E-state index in [-0.39, 0.29) is 29.4 Å². The minimum Gasteiger partial charge on any atom is -0.355 e. The number of hydrogen-bond acceptors (Lipinski definition) is 7. The van der Waals surface area contributed by atoms with Gasteiger partial charge in [0.05, 0.1) is 17.9 Å². The highest BCUT2D eigenvalue weighted by Gasteiger charge is 2.28. The molecule has 1 aliphatic heterocycles. The lowest BCUT2D eigenvalue weighted by Crippen LogP contribution is -2.46. The van der Waals surface area contributed by atoms with E-state index in [0.29, 0.717) is 18.4 Å². The number of carbonyl (C=O) groups is 4. The molecule has 2 aromatic heterocycles. The highest BCUT2D eigenvalue weighted by Crippen LogP contribution is 2.18. The lowest BCUT2D eigenvalue weighted by molar-refractivity contribution is -0.139. The van der Waals surface area contributed by atoms with Crippen LogP contribution in [0.15, 0.2) is 116 Å². The molecule has 0 aliphatic carbocycles. The summed E-state index contributed by atoms with van der Waals surface area (Å²) in [6, 6.07) is 32.0. The number of benzene rings is 4. The summed E-state index contributed by atoms with van der Waals surface area (Å²) in [4.78, 5) is 46.6. The van der Waals surface area contributed by atoms with Crippen LogP contribution in [-0.4, -0.2) is 72.7 Å². The van der Waals surface area contributed by atoms with Crippen molar-refractivity contribution in [3.8, 4) is 0 Å². The highest BCUT2D eigenvalue weighted by molar-refractivity contribution is 5.96. The molecule has 1 atom stereocenters. The quantitative estimate of drug-likeness (QED) is 0.171.